The SMILES string of the molecule is COc1ccc(C2Cc3ccccc3N(CCN(C)C)C(=O)C2(Cc2ccccc2)C(F)(F)F)cc1. The molecule has 0 aliphatic carbocycles. The predicted octanol–water partition coefficient (Wildman–Crippen LogP) is 5.72. The Balaban J connectivity index is 1.97. The molecule has 0 fully saturated rings. The molecule has 36 heavy (non-hydrogen) atoms. The van der Waals surface area contributed by atoms with Gasteiger partial charge in [-0.3, -0.25) is 4.79 Å². The lowest BCUT2D eigenvalue weighted by molar-refractivity contribution is -0.227. The molecule has 4 nitrogen and oxygen atoms in total. The van der Waals surface area contributed by atoms with E-state index in [9.17, 15) is 4.79 Å². The number of rotatable bonds is 7. The van der Waals surface area contributed by atoms with Crippen molar-refractivity contribution in [2.75, 3.05) is 39.2 Å². The Morgan fingerprint density at radius 3 is 2.22 bits per heavy atom. The summed E-state index contributed by atoms with van der Waals surface area (Å²) >= 11 is 0. The monoisotopic (exact) mass is 496 g/mol. The van der Waals surface area contributed by atoms with E-state index >= 15 is 13.2 Å². The number of hydrogen-bond donors (Lipinski definition) is 0. The Morgan fingerprint density at radius 2 is 1.61 bits per heavy atom. The fraction of sp³-hybridized carbons (Fsp3) is 0.345. The van der Waals surface area contributed by atoms with Crippen LogP contribution in [0.3, 0.4) is 0 Å². The van der Waals surface area contributed by atoms with Crippen molar-refractivity contribution in [2.45, 2.75) is 24.9 Å². The summed E-state index contributed by atoms with van der Waals surface area (Å²) in [7, 11) is 5.20. The molecule has 2 unspecified atom stereocenters. The normalized spacial score (nSPS) is 20.2. The number of anilines is 1. The van der Waals surface area contributed by atoms with E-state index < -0.39 is 29.8 Å². The van der Waals surface area contributed by atoms with Crippen molar-refractivity contribution in [1.82, 2.24) is 4.90 Å². The van der Waals surface area contributed by atoms with E-state index in [0.717, 1.165) is 5.56 Å². The quantitative estimate of drug-likeness (QED) is 0.419. The minimum Gasteiger partial charge on any atom is -0.497 e. The first-order valence-electron chi connectivity index (χ1n) is 12.0. The molecular formula is C29H31F3N2O2. The highest BCUT2D eigenvalue weighted by Crippen LogP contribution is 2.56. The summed E-state index contributed by atoms with van der Waals surface area (Å²) in [5.41, 5.74) is -0.456. The van der Waals surface area contributed by atoms with Crippen molar-refractivity contribution in [2.24, 2.45) is 5.41 Å². The average Bonchev–Trinajstić information content (AvgIpc) is 2.96. The topological polar surface area (TPSA) is 32.8 Å². The summed E-state index contributed by atoms with van der Waals surface area (Å²) in [5, 5.41) is 0. The van der Waals surface area contributed by atoms with E-state index in [1.54, 1.807) is 66.7 Å². The van der Waals surface area contributed by atoms with Gasteiger partial charge < -0.3 is 14.5 Å². The van der Waals surface area contributed by atoms with Crippen LogP contribution in [0, 0.1) is 5.41 Å². The second-order valence-electron chi connectivity index (χ2n) is 9.55. The Morgan fingerprint density at radius 1 is 0.972 bits per heavy atom. The van der Waals surface area contributed by atoms with Gasteiger partial charge in [-0.15, -0.1) is 0 Å². The van der Waals surface area contributed by atoms with Crippen LogP contribution in [-0.4, -0.2) is 51.3 Å². The maximum Gasteiger partial charge on any atom is 0.404 e. The van der Waals surface area contributed by atoms with E-state index in [-0.39, 0.29) is 13.0 Å². The van der Waals surface area contributed by atoms with Gasteiger partial charge in [-0.1, -0.05) is 60.7 Å². The third-order valence-corrected chi connectivity index (χ3v) is 7.05. The molecule has 0 spiro atoms. The van der Waals surface area contributed by atoms with Gasteiger partial charge >= 0.3 is 6.18 Å². The molecule has 0 N–H and O–H groups in total. The number of fused-ring (bicyclic) bond motifs is 1. The maximum absolute atomic E-state index is 15.5. The van der Waals surface area contributed by atoms with Gasteiger partial charge in [-0.25, -0.2) is 0 Å². The Labute approximate surface area is 210 Å². The summed E-state index contributed by atoms with van der Waals surface area (Å²) in [6, 6.07) is 22.3. The lowest BCUT2D eigenvalue weighted by Crippen LogP contribution is -2.57. The van der Waals surface area contributed by atoms with Crippen molar-refractivity contribution >= 4 is 11.6 Å². The van der Waals surface area contributed by atoms with Crippen LogP contribution in [0.25, 0.3) is 0 Å². The van der Waals surface area contributed by atoms with Gasteiger partial charge in [0.25, 0.3) is 0 Å². The number of carbonyl (C=O) groups excluding carboxylic acids is 1. The zero-order valence-corrected chi connectivity index (χ0v) is 20.8. The number of para-hydroxylation sites is 1. The van der Waals surface area contributed by atoms with E-state index in [1.165, 1.54) is 12.0 Å². The van der Waals surface area contributed by atoms with Gasteiger partial charge in [-0.2, -0.15) is 13.2 Å². The predicted molar refractivity (Wildman–Crippen MR) is 135 cm³/mol. The van der Waals surface area contributed by atoms with E-state index in [4.69, 9.17) is 4.74 Å². The first kappa shape index (κ1) is 25.8. The molecular weight excluding hydrogens is 465 g/mol. The molecule has 190 valence electrons. The van der Waals surface area contributed by atoms with E-state index in [0.29, 0.717) is 29.1 Å². The molecule has 1 amide bonds. The number of methoxy groups -OCH3 is 1. The Kier molecular flexibility index (Phi) is 7.41. The lowest BCUT2D eigenvalue weighted by atomic mass is 9.65. The smallest absolute Gasteiger partial charge is 0.404 e. The molecule has 0 bridgehead atoms. The van der Waals surface area contributed by atoms with Crippen molar-refractivity contribution in [3.05, 3.63) is 95.6 Å². The first-order chi connectivity index (χ1) is 17.2. The fourth-order valence-corrected chi connectivity index (χ4v) is 5.14. The molecule has 2 atom stereocenters. The summed E-state index contributed by atoms with van der Waals surface area (Å²) < 4.78 is 51.8. The van der Waals surface area contributed by atoms with E-state index in [1.807, 2.05) is 31.1 Å². The number of nitrogens with zero attached hydrogens (tertiary/aromatic N) is 2. The Hall–Kier alpha value is -3.32. The highest BCUT2D eigenvalue weighted by atomic mass is 19.4. The molecule has 1 aliphatic heterocycles. The Bertz CT molecular complexity index is 1180. The average molecular weight is 497 g/mol. The van der Waals surface area contributed by atoms with Crippen molar-refractivity contribution in [1.29, 1.82) is 0 Å². The molecule has 1 aliphatic rings. The molecule has 3 aromatic rings. The van der Waals surface area contributed by atoms with Crippen LogP contribution in [-0.2, 0) is 17.6 Å². The van der Waals surface area contributed by atoms with Crippen LogP contribution in [0.4, 0.5) is 18.9 Å². The first-order valence-corrected chi connectivity index (χ1v) is 12.0. The summed E-state index contributed by atoms with van der Waals surface area (Å²) in [6.45, 7) is 0.595. The largest absolute Gasteiger partial charge is 0.497 e. The molecule has 0 saturated carbocycles. The second kappa shape index (κ2) is 10.3. The van der Waals surface area contributed by atoms with Gasteiger partial charge in [0.1, 0.15) is 5.75 Å². The zero-order valence-electron chi connectivity index (χ0n) is 20.8. The zero-order chi connectivity index (χ0) is 25.9. The van der Waals surface area contributed by atoms with Crippen LogP contribution in [0.1, 0.15) is 22.6 Å². The third-order valence-electron chi connectivity index (χ3n) is 7.05. The maximum atomic E-state index is 15.5. The molecule has 4 rings (SSSR count). The highest BCUT2D eigenvalue weighted by Gasteiger charge is 2.66. The minimum absolute atomic E-state index is 0.0824. The van der Waals surface area contributed by atoms with Crippen LogP contribution >= 0.6 is 0 Å². The van der Waals surface area contributed by atoms with Gasteiger partial charge in [0.2, 0.25) is 5.91 Å². The second-order valence-corrected chi connectivity index (χ2v) is 9.55. The third kappa shape index (κ3) is 4.85. The number of amides is 1. The van der Waals surface area contributed by atoms with Crippen molar-refractivity contribution < 1.29 is 22.7 Å². The van der Waals surface area contributed by atoms with Crippen LogP contribution in [0.2, 0.25) is 0 Å². The number of halogens is 3. The summed E-state index contributed by atoms with van der Waals surface area (Å²) in [6.07, 6.45) is -5.17. The number of likely N-dealkylation sites (N-methyl/N-ethyl adjacent to an activating group) is 1. The number of ether oxygens (including phenoxy) is 1. The molecule has 0 aromatic heterocycles. The number of alkyl halides is 3. The molecule has 1 heterocycles. The molecule has 7 heteroatoms. The minimum atomic E-state index is -4.80. The van der Waals surface area contributed by atoms with Crippen molar-refractivity contribution in [3.8, 4) is 5.75 Å². The number of hydrogen-bond acceptors (Lipinski definition) is 3. The van der Waals surface area contributed by atoms with Gasteiger partial charge in [0.05, 0.1) is 7.11 Å². The molecule has 0 saturated heterocycles. The van der Waals surface area contributed by atoms with E-state index in [2.05, 4.69) is 0 Å². The highest BCUT2D eigenvalue weighted by molar-refractivity contribution is 6.00. The van der Waals surface area contributed by atoms with Crippen LogP contribution < -0.4 is 9.64 Å². The summed E-state index contributed by atoms with van der Waals surface area (Å²) in [5.74, 6) is -1.49. The standard InChI is InChI=1S/C29H31F3N2O2/c1-33(2)17-18-34-26-12-8-7-11-23(26)19-25(22-13-15-24(36-3)16-14-22)28(27(34)35,29(30,31)32)20-21-9-5-4-6-10-21/h4-16,25H,17-20H2,1-3H3. The lowest BCUT2D eigenvalue weighted by Gasteiger charge is -2.42. The number of carbonyl (C=O) groups is 1. The fourth-order valence-electron chi connectivity index (χ4n) is 5.14. The van der Waals surface area contributed by atoms with Gasteiger partial charge in [0, 0.05) is 24.7 Å². The van der Waals surface area contributed by atoms with Crippen LogP contribution in [0.15, 0.2) is 78.9 Å². The van der Waals surface area contributed by atoms with Crippen LogP contribution in [0.5, 0.6) is 5.75 Å². The summed E-state index contributed by atoms with van der Waals surface area (Å²) in [4.78, 5) is 17.6. The van der Waals surface area contributed by atoms with Gasteiger partial charge in [-0.05, 0) is 61.8 Å². The van der Waals surface area contributed by atoms with Crippen molar-refractivity contribution in [3.63, 3.8) is 0 Å². The van der Waals surface area contributed by atoms with Gasteiger partial charge in [0.15, 0.2) is 5.41 Å². The molecule has 0 radical (unpaired) electrons. The molecule has 3 aromatic carbocycles. The number of benzene rings is 3.